The summed E-state index contributed by atoms with van der Waals surface area (Å²) >= 11 is 0. The van der Waals surface area contributed by atoms with Gasteiger partial charge >= 0.3 is 0 Å². The number of piperidine rings is 1. The van der Waals surface area contributed by atoms with Gasteiger partial charge in [0.05, 0.1) is 11.4 Å². The Morgan fingerprint density at radius 2 is 1.71 bits per heavy atom. The molecule has 1 amide bonds. The summed E-state index contributed by atoms with van der Waals surface area (Å²) in [4.78, 5) is 15.0. The number of amides is 1. The summed E-state index contributed by atoms with van der Waals surface area (Å²) < 4.78 is 0. The third-order valence-electron chi connectivity index (χ3n) is 5.01. The van der Waals surface area contributed by atoms with Gasteiger partial charge in [0.2, 0.25) is 0 Å². The lowest BCUT2D eigenvalue weighted by molar-refractivity contribution is 0.102. The second-order valence-corrected chi connectivity index (χ2v) is 8.87. The molecule has 0 unspecified atom stereocenters. The summed E-state index contributed by atoms with van der Waals surface area (Å²) in [6, 6.07) is 15.4. The van der Waals surface area contributed by atoms with Crippen molar-refractivity contribution in [1.29, 1.82) is 0 Å². The number of nitrogens with two attached hydrogens (primary N) is 1. The van der Waals surface area contributed by atoms with Gasteiger partial charge < -0.3 is 21.3 Å². The molecule has 0 bridgehead atoms. The topological polar surface area (TPSA) is 70.4 Å². The summed E-state index contributed by atoms with van der Waals surface area (Å²) in [5.74, 6) is -0.153. The van der Waals surface area contributed by atoms with Crippen LogP contribution in [-0.4, -0.2) is 36.5 Å². The molecule has 4 N–H and O–H groups in total. The third-order valence-corrected chi connectivity index (χ3v) is 5.01. The molecule has 2 aromatic carbocycles. The van der Waals surface area contributed by atoms with E-state index in [4.69, 9.17) is 5.73 Å². The van der Waals surface area contributed by atoms with Crippen molar-refractivity contribution in [3.63, 3.8) is 0 Å². The van der Waals surface area contributed by atoms with Crippen LogP contribution in [0.25, 0.3) is 0 Å². The fourth-order valence-corrected chi connectivity index (χ4v) is 3.67. The molecule has 0 saturated carbocycles. The SMILES string of the molecule is CC(C)(C)CN1CCC(Nc2ccc(C(=O)Nc3ccccc3N)cc2)CC1. The molecule has 150 valence electrons. The predicted molar refractivity (Wildman–Crippen MR) is 118 cm³/mol. The molecule has 5 nitrogen and oxygen atoms in total. The average Bonchev–Trinajstić information content (AvgIpc) is 2.64. The van der Waals surface area contributed by atoms with Crippen LogP contribution in [0.1, 0.15) is 44.0 Å². The minimum Gasteiger partial charge on any atom is -0.397 e. The number of para-hydroxylation sites is 2. The molecule has 1 aliphatic rings. The lowest BCUT2D eigenvalue weighted by atomic mass is 9.94. The van der Waals surface area contributed by atoms with E-state index < -0.39 is 0 Å². The number of likely N-dealkylation sites (tertiary alicyclic amines) is 1. The number of carbonyl (C=O) groups is 1. The van der Waals surface area contributed by atoms with Crippen molar-refractivity contribution in [3.8, 4) is 0 Å². The number of carbonyl (C=O) groups excluding carboxylic acids is 1. The van der Waals surface area contributed by atoms with Crippen LogP contribution in [0.5, 0.6) is 0 Å². The highest BCUT2D eigenvalue weighted by molar-refractivity contribution is 6.05. The van der Waals surface area contributed by atoms with Crippen molar-refractivity contribution in [3.05, 3.63) is 54.1 Å². The summed E-state index contributed by atoms with van der Waals surface area (Å²) in [6.07, 6.45) is 2.29. The van der Waals surface area contributed by atoms with Gasteiger partial charge in [-0.25, -0.2) is 0 Å². The van der Waals surface area contributed by atoms with Gasteiger partial charge in [-0.05, 0) is 54.7 Å². The Morgan fingerprint density at radius 3 is 2.32 bits per heavy atom. The average molecular weight is 381 g/mol. The number of benzene rings is 2. The Hall–Kier alpha value is -2.53. The zero-order chi connectivity index (χ0) is 20.1. The molecule has 5 heteroatoms. The van der Waals surface area contributed by atoms with Gasteiger partial charge in [-0.2, -0.15) is 0 Å². The van der Waals surface area contributed by atoms with E-state index in [2.05, 4.69) is 36.3 Å². The molecule has 2 aromatic rings. The molecule has 0 atom stereocenters. The normalized spacial score (nSPS) is 16.0. The second-order valence-electron chi connectivity index (χ2n) is 8.87. The van der Waals surface area contributed by atoms with Crippen molar-refractivity contribution in [2.24, 2.45) is 5.41 Å². The van der Waals surface area contributed by atoms with Crippen LogP contribution in [0.4, 0.5) is 17.1 Å². The van der Waals surface area contributed by atoms with Gasteiger partial charge in [0.25, 0.3) is 5.91 Å². The van der Waals surface area contributed by atoms with E-state index in [1.165, 1.54) is 0 Å². The van der Waals surface area contributed by atoms with E-state index in [-0.39, 0.29) is 5.91 Å². The van der Waals surface area contributed by atoms with Crippen molar-refractivity contribution in [2.45, 2.75) is 39.7 Å². The van der Waals surface area contributed by atoms with Gasteiger partial charge in [0.1, 0.15) is 0 Å². The van der Waals surface area contributed by atoms with Crippen LogP contribution >= 0.6 is 0 Å². The highest BCUT2D eigenvalue weighted by Gasteiger charge is 2.22. The highest BCUT2D eigenvalue weighted by Crippen LogP contribution is 2.22. The Balaban J connectivity index is 1.51. The van der Waals surface area contributed by atoms with Crippen LogP contribution in [0.15, 0.2) is 48.5 Å². The quantitative estimate of drug-likeness (QED) is 0.671. The molecule has 3 rings (SSSR count). The standard InChI is InChI=1S/C23H32N4O/c1-23(2,3)16-27-14-12-19(13-15-27)25-18-10-8-17(9-11-18)22(28)26-21-7-5-4-6-20(21)24/h4-11,19,25H,12-16,24H2,1-3H3,(H,26,28). The lowest BCUT2D eigenvalue weighted by Crippen LogP contribution is -2.42. The molecular formula is C23H32N4O. The first-order valence-corrected chi connectivity index (χ1v) is 10.0. The molecule has 1 heterocycles. The predicted octanol–water partition coefficient (Wildman–Crippen LogP) is 4.44. The number of hydrogen-bond acceptors (Lipinski definition) is 4. The van der Waals surface area contributed by atoms with E-state index in [0.717, 1.165) is 38.2 Å². The summed E-state index contributed by atoms with van der Waals surface area (Å²) in [5.41, 5.74) is 9.12. The molecule has 0 spiro atoms. The van der Waals surface area contributed by atoms with Crippen molar-refractivity contribution < 1.29 is 4.79 Å². The molecule has 0 radical (unpaired) electrons. The molecule has 0 aromatic heterocycles. The minimum atomic E-state index is -0.153. The maximum atomic E-state index is 12.4. The first-order chi connectivity index (χ1) is 13.3. The van der Waals surface area contributed by atoms with E-state index in [1.807, 2.05) is 36.4 Å². The zero-order valence-corrected chi connectivity index (χ0v) is 17.2. The fraction of sp³-hybridized carbons (Fsp3) is 0.435. The fourth-order valence-electron chi connectivity index (χ4n) is 3.67. The van der Waals surface area contributed by atoms with E-state index >= 15 is 0 Å². The minimum absolute atomic E-state index is 0.153. The first-order valence-electron chi connectivity index (χ1n) is 10.0. The third kappa shape index (κ3) is 5.73. The number of rotatable bonds is 5. The molecule has 1 fully saturated rings. The van der Waals surface area contributed by atoms with Gasteiger partial charge in [-0.1, -0.05) is 32.9 Å². The molecule has 1 saturated heterocycles. The summed E-state index contributed by atoms with van der Waals surface area (Å²) in [7, 11) is 0. The number of nitrogen functional groups attached to an aromatic ring is 1. The molecular weight excluding hydrogens is 348 g/mol. The Morgan fingerprint density at radius 1 is 1.07 bits per heavy atom. The first kappa shape index (κ1) is 20.2. The maximum Gasteiger partial charge on any atom is 0.255 e. The maximum absolute atomic E-state index is 12.4. The highest BCUT2D eigenvalue weighted by atomic mass is 16.1. The number of nitrogens with zero attached hydrogens (tertiary/aromatic N) is 1. The van der Waals surface area contributed by atoms with Crippen LogP contribution in [0.2, 0.25) is 0 Å². The largest absolute Gasteiger partial charge is 0.397 e. The van der Waals surface area contributed by atoms with Gasteiger partial charge in [-0.15, -0.1) is 0 Å². The van der Waals surface area contributed by atoms with Crippen molar-refractivity contribution in [1.82, 2.24) is 4.90 Å². The van der Waals surface area contributed by atoms with E-state index in [1.54, 1.807) is 12.1 Å². The molecule has 28 heavy (non-hydrogen) atoms. The Kier molecular flexibility index (Phi) is 6.25. The monoisotopic (exact) mass is 380 g/mol. The number of anilines is 3. The van der Waals surface area contributed by atoms with Crippen molar-refractivity contribution in [2.75, 3.05) is 36.0 Å². The van der Waals surface area contributed by atoms with Crippen LogP contribution in [0.3, 0.4) is 0 Å². The van der Waals surface area contributed by atoms with Gasteiger partial charge in [0, 0.05) is 36.9 Å². The summed E-state index contributed by atoms with van der Waals surface area (Å²) in [5, 5.41) is 6.47. The number of hydrogen-bond donors (Lipinski definition) is 3. The van der Waals surface area contributed by atoms with Crippen molar-refractivity contribution >= 4 is 23.0 Å². The van der Waals surface area contributed by atoms with Crippen LogP contribution in [0, 0.1) is 5.41 Å². The van der Waals surface area contributed by atoms with Gasteiger partial charge in [-0.3, -0.25) is 4.79 Å². The second kappa shape index (κ2) is 8.65. The van der Waals surface area contributed by atoms with Crippen LogP contribution < -0.4 is 16.4 Å². The Labute approximate surface area is 168 Å². The van der Waals surface area contributed by atoms with Crippen LogP contribution in [-0.2, 0) is 0 Å². The molecule has 0 aliphatic carbocycles. The van der Waals surface area contributed by atoms with E-state index in [9.17, 15) is 4.79 Å². The number of nitrogens with one attached hydrogen (secondary N) is 2. The zero-order valence-electron chi connectivity index (χ0n) is 17.2. The Bertz CT molecular complexity index is 787. The van der Waals surface area contributed by atoms with Gasteiger partial charge in [0.15, 0.2) is 0 Å². The van der Waals surface area contributed by atoms with E-state index in [0.29, 0.717) is 28.4 Å². The lowest BCUT2D eigenvalue weighted by Gasteiger charge is -2.36. The smallest absolute Gasteiger partial charge is 0.255 e. The summed E-state index contributed by atoms with van der Waals surface area (Å²) in [6.45, 7) is 10.3. The molecule has 1 aliphatic heterocycles.